The van der Waals surface area contributed by atoms with Gasteiger partial charge in [-0.05, 0) is 12.5 Å². The highest BCUT2D eigenvalue weighted by molar-refractivity contribution is 8.13. The highest BCUT2D eigenvalue weighted by Crippen LogP contribution is 2.23. The van der Waals surface area contributed by atoms with E-state index in [1.807, 2.05) is 6.92 Å². The summed E-state index contributed by atoms with van der Waals surface area (Å²) in [6, 6.07) is 3.35. The molecule has 0 unspecified atom stereocenters. The van der Waals surface area contributed by atoms with Gasteiger partial charge in [-0.3, -0.25) is 10.1 Å². The van der Waals surface area contributed by atoms with Crippen LogP contribution in [0.4, 0.5) is 5.69 Å². The number of non-ortho nitro benzene ring substituents is 1. The third kappa shape index (κ3) is 4.02. The summed E-state index contributed by atoms with van der Waals surface area (Å²) in [4.78, 5) is 9.68. The zero-order chi connectivity index (χ0) is 13.8. The van der Waals surface area contributed by atoms with Crippen LogP contribution in [0.5, 0.6) is 0 Å². The van der Waals surface area contributed by atoms with Crippen molar-refractivity contribution >= 4 is 25.4 Å². The molecule has 0 spiro atoms. The molecule has 96 valence electrons. The van der Waals surface area contributed by atoms with Gasteiger partial charge in [0.15, 0.2) is 0 Å². The van der Waals surface area contributed by atoms with E-state index in [2.05, 4.69) is 11.8 Å². The van der Waals surface area contributed by atoms with Crippen molar-refractivity contribution < 1.29 is 13.3 Å². The molecule has 0 bridgehead atoms. The first-order chi connectivity index (χ1) is 8.34. The van der Waals surface area contributed by atoms with E-state index in [0.717, 1.165) is 12.5 Å². The third-order valence-corrected chi connectivity index (χ3v) is 3.32. The van der Waals surface area contributed by atoms with Gasteiger partial charge in [0.25, 0.3) is 14.7 Å². The van der Waals surface area contributed by atoms with Gasteiger partial charge in [-0.25, -0.2) is 8.42 Å². The minimum Gasteiger partial charge on any atom is -0.258 e. The molecule has 1 aromatic rings. The van der Waals surface area contributed by atoms with Crippen LogP contribution in [-0.2, 0) is 9.05 Å². The Morgan fingerprint density at radius 2 is 2.06 bits per heavy atom. The number of nitrogens with zero attached hydrogens (tertiary/aromatic N) is 1. The summed E-state index contributed by atoms with van der Waals surface area (Å²) in [5, 5.41) is 10.7. The average Bonchev–Trinajstić information content (AvgIpc) is 2.28. The van der Waals surface area contributed by atoms with Crippen LogP contribution in [0.2, 0.25) is 0 Å². The van der Waals surface area contributed by atoms with Gasteiger partial charge in [-0.1, -0.05) is 18.8 Å². The lowest BCUT2D eigenvalue weighted by Gasteiger charge is -1.98. The second kappa shape index (κ2) is 5.85. The molecule has 0 atom stereocenters. The van der Waals surface area contributed by atoms with Crippen molar-refractivity contribution in [2.75, 3.05) is 0 Å². The predicted molar refractivity (Wildman–Crippen MR) is 67.9 cm³/mol. The second-order valence-corrected chi connectivity index (χ2v) is 6.03. The molecule has 0 fully saturated rings. The maximum atomic E-state index is 11.2. The van der Waals surface area contributed by atoms with Gasteiger partial charge in [0, 0.05) is 34.8 Å². The lowest BCUT2D eigenvalue weighted by molar-refractivity contribution is -0.385. The van der Waals surface area contributed by atoms with E-state index in [9.17, 15) is 18.5 Å². The van der Waals surface area contributed by atoms with Crippen LogP contribution in [0.15, 0.2) is 23.1 Å². The Hall–Kier alpha value is -1.58. The van der Waals surface area contributed by atoms with Crippen LogP contribution in [-0.4, -0.2) is 13.3 Å². The Balaban J connectivity index is 3.33. The van der Waals surface area contributed by atoms with Crippen molar-refractivity contribution in [3.8, 4) is 11.8 Å². The Labute approximate surface area is 109 Å². The molecule has 1 aromatic carbocycles. The molecule has 0 aliphatic carbocycles. The molecule has 0 saturated heterocycles. The van der Waals surface area contributed by atoms with Crippen molar-refractivity contribution in [1.29, 1.82) is 0 Å². The third-order valence-electron chi connectivity index (χ3n) is 1.99. The highest BCUT2D eigenvalue weighted by atomic mass is 35.7. The molecule has 7 heteroatoms. The SMILES string of the molecule is CCCC#Cc1cc([N+](=O)[O-])cc(S(=O)(=O)Cl)c1. The van der Waals surface area contributed by atoms with Crippen LogP contribution in [0, 0.1) is 22.0 Å². The molecule has 0 aliphatic rings. The van der Waals surface area contributed by atoms with E-state index < -0.39 is 14.0 Å². The van der Waals surface area contributed by atoms with E-state index in [1.54, 1.807) is 0 Å². The number of unbranched alkanes of at least 4 members (excludes halogenated alkanes) is 1. The van der Waals surface area contributed by atoms with Crippen LogP contribution >= 0.6 is 10.7 Å². The molecule has 0 heterocycles. The largest absolute Gasteiger partial charge is 0.272 e. The van der Waals surface area contributed by atoms with Crippen molar-refractivity contribution in [3.05, 3.63) is 33.9 Å². The highest BCUT2D eigenvalue weighted by Gasteiger charge is 2.16. The first kappa shape index (κ1) is 14.5. The topological polar surface area (TPSA) is 77.3 Å². The first-order valence-corrected chi connectivity index (χ1v) is 7.38. The Morgan fingerprint density at radius 3 is 2.56 bits per heavy atom. The Kier molecular flexibility index (Phi) is 4.70. The number of nitro benzene ring substituents is 1. The molecule has 0 aliphatic heterocycles. The van der Waals surface area contributed by atoms with Gasteiger partial charge in [-0.15, -0.1) is 0 Å². The molecule has 0 saturated carbocycles. The zero-order valence-electron chi connectivity index (χ0n) is 9.51. The van der Waals surface area contributed by atoms with Gasteiger partial charge in [-0.2, -0.15) is 0 Å². The molecule has 5 nitrogen and oxygen atoms in total. The molecular formula is C11H10ClNO4S. The van der Waals surface area contributed by atoms with E-state index in [-0.39, 0.29) is 16.1 Å². The van der Waals surface area contributed by atoms with Crippen molar-refractivity contribution in [2.45, 2.75) is 24.7 Å². The smallest absolute Gasteiger partial charge is 0.258 e. The number of halogens is 1. The van der Waals surface area contributed by atoms with Gasteiger partial charge in [0.2, 0.25) is 0 Å². The van der Waals surface area contributed by atoms with Gasteiger partial charge in [0.05, 0.1) is 9.82 Å². The van der Waals surface area contributed by atoms with Crippen LogP contribution < -0.4 is 0 Å². The average molecular weight is 288 g/mol. The predicted octanol–water partition coefficient (Wildman–Crippen LogP) is 2.67. The number of hydrogen-bond donors (Lipinski definition) is 0. The van der Waals surface area contributed by atoms with Crippen LogP contribution in [0.3, 0.4) is 0 Å². The summed E-state index contributed by atoms with van der Waals surface area (Å²) in [6.07, 6.45) is 1.48. The van der Waals surface area contributed by atoms with Crippen molar-refractivity contribution in [3.63, 3.8) is 0 Å². The van der Waals surface area contributed by atoms with Gasteiger partial charge in [0.1, 0.15) is 0 Å². The molecule has 0 amide bonds. The molecule has 1 rings (SSSR count). The lowest BCUT2D eigenvalue weighted by atomic mass is 10.2. The molecule has 0 aromatic heterocycles. The molecule has 0 N–H and O–H groups in total. The van der Waals surface area contributed by atoms with Crippen LogP contribution in [0.25, 0.3) is 0 Å². The summed E-state index contributed by atoms with van der Waals surface area (Å²) in [7, 11) is 1.16. The number of hydrogen-bond acceptors (Lipinski definition) is 4. The minimum absolute atomic E-state index is 0.261. The standard InChI is InChI=1S/C11H10ClNO4S/c1-2-3-4-5-9-6-10(13(14)15)8-11(7-9)18(12,16)17/h6-8H,2-3H2,1H3. The monoisotopic (exact) mass is 287 g/mol. The normalized spacial score (nSPS) is 10.6. The number of benzene rings is 1. The first-order valence-electron chi connectivity index (χ1n) is 5.07. The summed E-state index contributed by atoms with van der Waals surface area (Å²) in [5.41, 5.74) is -0.0885. The van der Waals surface area contributed by atoms with Gasteiger partial charge < -0.3 is 0 Å². The van der Waals surface area contributed by atoms with E-state index in [1.165, 1.54) is 12.1 Å². The summed E-state index contributed by atoms with van der Waals surface area (Å²) in [6.45, 7) is 1.94. The van der Waals surface area contributed by atoms with E-state index in [4.69, 9.17) is 10.7 Å². The summed E-state index contributed by atoms with van der Waals surface area (Å²) >= 11 is 0. The quantitative estimate of drug-likeness (QED) is 0.371. The lowest BCUT2D eigenvalue weighted by Crippen LogP contribution is -1.95. The van der Waals surface area contributed by atoms with Crippen molar-refractivity contribution in [1.82, 2.24) is 0 Å². The number of rotatable bonds is 3. The van der Waals surface area contributed by atoms with Gasteiger partial charge >= 0.3 is 0 Å². The maximum absolute atomic E-state index is 11.2. The minimum atomic E-state index is -4.01. The van der Waals surface area contributed by atoms with Crippen molar-refractivity contribution in [2.24, 2.45) is 0 Å². The zero-order valence-corrected chi connectivity index (χ0v) is 11.1. The number of nitro groups is 1. The second-order valence-electron chi connectivity index (χ2n) is 3.46. The summed E-state index contributed by atoms with van der Waals surface area (Å²) in [5.74, 6) is 5.46. The molecular weight excluding hydrogens is 278 g/mol. The fourth-order valence-electron chi connectivity index (χ4n) is 1.19. The maximum Gasteiger partial charge on any atom is 0.272 e. The Bertz CT molecular complexity index is 628. The summed E-state index contributed by atoms with van der Waals surface area (Å²) < 4.78 is 22.4. The van der Waals surface area contributed by atoms with E-state index >= 15 is 0 Å². The fourth-order valence-corrected chi connectivity index (χ4v) is 1.99. The molecule has 18 heavy (non-hydrogen) atoms. The Morgan fingerprint density at radius 1 is 1.39 bits per heavy atom. The van der Waals surface area contributed by atoms with Crippen LogP contribution in [0.1, 0.15) is 25.3 Å². The van der Waals surface area contributed by atoms with E-state index in [0.29, 0.717) is 6.42 Å². The molecule has 0 radical (unpaired) electrons. The fraction of sp³-hybridized carbons (Fsp3) is 0.273.